The van der Waals surface area contributed by atoms with Crippen molar-refractivity contribution >= 4 is 39.2 Å². The number of hydrogen-bond acceptors (Lipinski definition) is 5. The maximum Gasteiger partial charge on any atom is 0.288 e. The van der Waals surface area contributed by atoms with Crippen LogP contribution in [0.1, 0.15) is 11.4 Å². The second kappa shape index (κ2) is 5.16. The van der Waals surface area contributed by atoms with Gasteiger partial charge in [0, 0.05) is 18.8 Å². The maximum absolute atomic E-state index is 12.4. The number of fused-ring (bicyclic) bond motifs is 1. The summed E-state index contributed by atoms with van der Waals surface area (Å²) in [5.74, 6) is 0.193. The molecule has 2 aromatic heterocycles. The molecule has 0 aliphatic carbocycles. The summed E-state index contributed by atoms with van der Waals surface area (Å²) < 4.78 is 19.5. The minimum absolute atomic E-state index is 0.158. The molecule has 0 amide bonds. The molecule has 0 fully saturated rings. The van der Waals surface area contributed by atoms with Gasteiger partial charge in [0.25, 0.3) is 5.22 Å². The van der Waals surface area contributed by atoms with E-state index in [-0.39, 0.29) is 11.0 Å². The van der Waals surface area contributed by atoms with Gasteiger partial charge in [-0.1, -0.05) is 11.6 Å². The summed E-state index contributed by atoms with van der Waals surface area (Å²) in [5.41, 5.74) is 8.79. The van der Waals surface area contributed by atoms with E-state index in [4.69, 9.17) is 21.8 Å². The fourth-order valence-electron chi connectivity index (χ4n) is 2.04. The molecular formula is C13H13ClN4O2S. The Kier molecular flexibility index (Phi) is 3.46. The summed E-state index contributed by atoms with van der Waals surface area (Å²) in [6, 6.07) is 5.11. The van der Waals surface area contributed by atoms with E-state index < -0.39 is 10.8 Å². The predicted octanol–water partition coefficient (Wildman–Crippen LogP) is 2.41. The number of aryl methyl sites for hydroxylation is 2. The highest BCUT2D eigenvalue weighted by Crippen LogP contribution is 2.25. The lowest BCUT2D eigenvalue weighted by Crippen LogP contribution is -2.03. The predicted molar refractivity (Wildman–Crippen MR) is 81.5 cm³/mol. The first kappa shape index (κ1) is 14.1. The van der Waals surface area contributed by atoms with Crippen molar-refractivity contribution in [3.63, 3.8) is 0 Å². The first-order valence-electron chi connectivity index (χ1n) is 6.18. The summed E-state index contributed by atoms with van der Waals surface area (Å²) >= 11 is 6.16. The third kappa shape index (κ3) is 2.54. The SMILES string of the molecule is Cc1nn(C)c(CS(=O)c2nc3ccc(N)cc3o2)c1Cl. The molecule has 0 aliphatic rings. The number of oxazole rings is 1. The number of benzene rings is 1. The summed E-state index contributed by atoms with van der Waals surface area (Å²) in [4.78, 5) is 4.22. The van der Waals surface area contributed by atoms with Gasteiger partial charge in [0.2, 0.25) is 0 Å². The van der Waals surface area contributed by atoms with Gasteiger partial charge in [-0.3, -0.25) is 4.68 Å². The molecule has 1 aromatic carbocycles. The fourth-order valence-corrected chi connectivity index (χ4v) is 3.43. The molecule has 0 aliphatic heterocycles. The molecule has 6 nitrogen and oxygen atoms in total. The first-order chi connectivity index (χ1) is 9.95. The highest BCUT2D eigenvalue weighted by atomic mass is 35.5. The van der Waals surface area contributed by atoms with Crippen molar-refractivity contribution in [2.24, 2.45) is 7.05 Å². The zero-order valence-electron chi connectivity index (χ0n) is 11.5. The molecule has 0 radical (unpaired) electrons. The Labute approximate surface area is 128 Å². The molecule has 3 rings (SSSR count). The number of aromatic nitrogens is 3. The molecule has 1 atom stereocenters. The quantitative estimate of drug-likeness (QED) is 0.747. The molecule has 0 saturated carbocycles. The van der Waals surface area contributed by atoms with E-state index in [0.29, 0.717) is 33.2 Å². The summed E-state index contributed by atoms with van der Waals surface area (Å²) in [7, 11) is 0.317. The van der Waals surface area contributed by atoms with Crippen LogP contribution in [0.2, 0.25) is 5.02 Å². The fraction of sp³-hybridized carbons (Fsp3) is 0.231. The van der Waals surface area contributed by atoms with Crippen LogP contribution < -0.4 is 5.73 Å². The van der Waals surface area contributed by atoms with Crippen LogP contribution in [0, 0.1) is 6.92 Å². The molecule has 0 saturated heterocycles. The molecule has 21 heavy (non-hydrogen) atoms. The van der Waals surface area contributed by atoms with Gasteiger partial charge in [-0.05, 0) is 19.1 Å². The Hall–Kier alpha value is -1.86. The molecule has 110 valence electrons. The van der Waals surface area contributed by atoms with Crippen LogP contribution in [0.5, 0.6) is 0 Å². The monoisotopic (exact) mass is 324 g/mol. The van der Waals surface area contributed by atoms with Gasteiger partial charge < -0.3 is 10.2 Å². The summed E-state index contributed by atoms with van der Waals surface area (Å²) in [5, 5.41) is 4.87. The number of rotatable bonds is 3. The van der Waals surface area contributed by atoms with Gasteiger partial charge in [-0.15, -0.1) is 0 Å². The van der Waals surface area contributed by atoms with Crippen molar-refractivity contribution in [2.75, 3.05) is 5.73 Å². The van der Waals surface area contributed by atoms with Crippen molar-refractivity contribution in [3.05, 3.63) is 34.6 Å². The van der Waals surface area contributed by atoms with Crippen molar-refractivity contribution in [1.82, 2.24) is 14.8 Å². The largest absolute Gasteiger partial charge is 0.430 e. The van der Waals surface area contributed by atoms with E-state index in [0.717, 1.165) is 0 Å². The van der Waals surface area contributed by atoms with Crippen LogP contribution >= 0.6 is 11.6 Å². The van der Waals surface area contributed by atoms with E-state index in [1.54, 1.807) is 36.9 Å². The smallest absolute Gasteiger partial charge is 0.288 e. The van der Waals surface area contributed by atoms with Crippen molar-refractivity contribution < 1.29 is 8.63 Å². The van der Waals surface area contributed by atoms with Crippen LogP contribution in [0.15, 0.2) is 27.8 Å². The van der Waals surface area contributed by atoms with Crippen LogP contribution in [-0.2, 0) is 23.6 Å². The second-order valence-electron chi connectivity index (χ2n) is 4.67. The number of nitrogen functional groups attached to an aromatic ring is 1. The highest BCUT2D eigenvalue weighted by molar-refractivity contribution is 7.84. The minimum Gasteiger partial charge on any atom is -0.430 e. The molecule has 3 aromatic rings. The average Bonchev–Trinajstić information content (AvgIpc) is 2.95. The molecule has 8 heteroatoms. The summed E-state index contributed by atoms with van der Waals surface area (Å²) in [6.45, 7) is 1.80. The number of nitrogens with zero attached hydrogens (tertiary/aromatic N) is 3. The minimum atomic E-state index is -1.44. The van der Waals surface area contributed by atoms with Gasteiger partial charge in [-0.25, -0.2) is 9.19 Å². The van der Waals surface area contributed by atoms with Crippen LogP contribution in [0.4, 0.5) is 5.69 Å². The topological polar surface area (TPSA) is 86.9 Å². The van der Waals surface area contributed by atoms with Crippen molar-refractivity contribution in [3.8, 4) is 0 Å². The number of anilines is 1. The lowest BCUT2D eigenvalue weighted by atomic mass is 10.3. The lowest BCUT2D eigenvalue weighted by Gasteiger charge is -2.00. The zero-order valence-corrected chi connectivity index (χ0v) is 13.0. The van der Waals surface area contributed by atoms with Crippen molar-refractivity contribution in [2.45, 2.75) is 17.9 Å². The third-order valence-corrected chi connectivity index (χ3v) is 4.71. The van der Waals surface area contributed by atoms with Gasteiger partial charge >= 0.3 is 0 Å². The van der Waals surface area contributed by atoms with Crippen LogP contribution in [-0.4, -0.2) is 19.0 Å². The van der Waals surface area contributed by atoms with Gasteiger partial charge in [-0.2, -0.15) is 5.10 Å². The van der Waals surface area contributed by atoms with E-state index in [2.05, 4.69) is 10.1 Å². The molecule has 0 bridgehead atoms. The maximum atomic E-state index is 12.4. The molecule has 2 heterocycles. The van der Waals surface area contributed by atoms with Gasteiger partial charge in [0.05, 0.1) is 22.2 Å². The van der Waals surface area contributed by atoms with E-state index in [9.17, 15) is 4.21 Å². The highest BCUT2D eigenvalue weighted by Gasteiger charge is 2.19. The van der Waals surface area contributed by atoms with Gasteiger partial charge in [0.15, 0.2) is 5.58 Å². The number of halogens is 1. The standard InChI is InChI=1S/C13H13ClN4O2S/c1-7-12(14)10(18(2)17-7)6-21(19)13-16-9-4-3-8(15)5-11(9)20-13/h3-5H,6,15H2,1-2H3. The Morgan fingerprint density at radius 3 is 2.90 bits per heavy atom. The van der Waals surface area contributed by atoms with Gasteiger partial charge in [0.1, 0.15) is 16.3 Å². The Morgan fingerprint density at radius 1 is 1.48 bits per heavy atom. The van der Waals surface area contributed by atoms with E-state index in [1.165, 1.54) is 0 Å². The van der Waals surface area contributed by atoms with E-state index >= 15 is 0 Å². The number of nitrogens with two attached hydrogens (primary N) is 1. The average molecular weight is 325 g/mol. The lowest BCUT2D eigenvalue weighted by molar-refractivity contribution is 0.477. The number of hydrogen-bond donors (Lipinski definition) is 1. The third-order valence-electron chi connectivity index (χ3n) is 3.12. The summed E-state index contributed by atoms with van der Waals surface area (Å²) in [6.07, 6.45) is 0. The second-order valence-corrected chi connectivity index (χ2v) is 6.37. The Bertz CT molecular complexity index is 855. The zero-order chi connectivity index (χ0) is 15.1. The molecular weight excluding hydrogens is 312 g/mol. The van der Waals surface area contributed by atoms with E-state index in [1.807, 2.05) is 0 Å². The normalized spacial score (nSPS) is 12.9. The first-order valence-corrected chi connectivity index (χ1v) is 7.88. The Balaban J connectivity index is 1.93. The molecule has 0 spiro atoms. The molecule has 1 unspecified atom stereocenters. The van der Waals surface area contributed by atoms with Crippen molar-refractivity contribution in [1.29, 1.82) is 0 Å². The Morgan fingerprint density at radius 2 is 2.24 bits per heavy atom. The van der Waals surface area contributed by atoms with Crippen LogP contribution in [0.3, 0.4) is 0 Å². The van der Waals surface area contributed by atoms with Crippen LogP contribution in [0.25, 0.3) is 11.1 Å². The molecule has 2 N–H and O–H groups in total.